The third-order valence-corrected chi connectivity index (χ3v) is 5.49. The molecule has 1 aromatic heterocycles. The lowest BCUT2D eigenvalue weighted by molar-refractivity contribution is -0.121. The van der Waals surface area contributed by atoms with Gasteiger partial charge in [0.1, 0.15) is 5.82 Å². The summed E-state index contributed by atoms with van der Waals surface area (Å²) in [6, 6.07) is 13.3. The van der Waals surface area contributed by atoms with Crippen LogP contribution in [0, 0.1) is 5.82 Å². The molecule has 4 rings (SSSR count). The highest BCUT2D eigenvalue weighted by atomic mass is 79.9. The molecule has 0 radical (unpaired) electrons. The number of hydrogen-bond acceptors (Lipinski definition) is 3. The van der Waals surface area contributed by atoms with Crippen LogP contribution >= 0.6 is 15.9 Å². The first-order chi connectivity index (χ1) is 13.5. The van der Waals surface area contributed by atoms with Gasteiger partial charge in [0.05, 0.1) is 15.7 Å². The summed E-state index contributed by atoms with van der Waals surface area (Å²) in [5, 5.41) is 6.32. The van der Waals surface area contributed by atoms with Crippen molar-refractivity contribution in [1.29, 1.82) is 0 Å². The van der Waals surface area contributed by atoms with Gasteiger partial charge in [0, 0.05) is 35.7 Å². The quantitative estimate of drug-likeness (QED) is 0.640. The fourth-order valence-electron chi connectivity index (χ4n) is 3.27. The number of amides is 2. The van der Waals surface area contributed by atoms with Gasteiger partial charge in [-0.3, -0.25) is 14.6 Å². The first kappa shape index (κ1) is 18.3. The Morgan fingerprint density at radius 3 is 2.89 bits per heavy atom. The van der Waals surface area contributed by atoms with E-state index in [1.54, 1.807) is 24.4 Å². The number of benzene rings is 2. The molecule has 2 N–H and O–H groups in total. The number of aromatic nitrogens is 1. The Morgan fingerprint density at radius 2 is 2.07 bits per heavy atom. The maximum atomic E-state index is 13.7. The zero-order valence-electron chi connectivity index (χ0n) is 14.6. The van der Waals surface area contributed by atoms with E-state index in [1.165, 1.54) is 18.3 Å². The molecule has 3 aromatic rings. The minimum atomic E-state index is -0.523. The molecule has 2 heterocycles. The number of fused-ring (bicyclic) bond motifs is 1. The smallest absolute Gasteiger partial charge is 0.253 e. The lowest BCUT2D eigenvalue weighted by Crippen LogP contribution is -2.32. The van der Waals surface area contributed by atoms with Crippen molar-refractivity contribution in [2.45, 2.75) is 12.3 Å². The van der Waals surface area contributed by atoms with Crippen molar-refractivity contribution in [3.63, 3.8) is 0 Å². The van der Waals surface area contributed by atoms with E-state index < -0.39 is 11.7 Å². The van der Waals surface area contributed by atoms with Gasteiger partial charge in [-0.05, 0) is 51.8 Å². The van der Waals surface area contributed by atoms with Gasteiger partial charge in [0.15, 0.2) is 0 Å². The first-order valence-electron chi connectivity index (χ1n) is 8.62. The van der Waals surface area contributed by atoms with Crippen molar-refractivity contribution in [1.82, 2.24) is 10.3 Å². The number of hydrogen-bond donors (Lipinski definition) is 2. The second-order valence-electron chi connectivity index (χ2n) is 6.43. The number of carbonyl (C=O) groups excluding carboxylic acids is 2. The highest BCUT2D eigenvalue weighted by Gasteiger charge is 2.29. The lowest BCUT2D eigenvalue weighted by Gasteiger charge is -2.24. The molecular formula is C21H15BrFN3O2. The molecule has 1 atom stereocenters. The second-order valence-corrected chi connectivity index (χ2v) is 7.22. The molecule has 0 unspecified atom stereocenters. The molecule has 0 bridgehead atoms. The average molecular weight is 440 g/mol. The lowest BCUT2D eigenvalue weighted by atomic mass is 9.86. The molecule has 0 aliphatic carbocycles. The first-order valence-corrected chi connectivity index (χ1v) is 9.41. The van der Waals surface area contributed by atoms with Crippen molar-refractivity contribution >= 4 is 44.3 Å². The van der Waals surface area contributed by atoms with Crippen molar-refractivity contribution in [3.05, 3.63) is 82.4 Å². The van der Waals surface area contributed by atoms with Crippen LogP contribution < -0.4 is 10.6 Å². The summed E-state index contributed by atoms with van der Waals surface area (Å²) >= 11 is 3.52. The van der Waals surface area contributed by atoms with Gasteiger partial charge in [-0.2, -0.15) is 0 Å². The van der Waals surface area contributed by atoms with Crippen LogP contribution in [0.3, 0.4) is 0 Å². The Balaban J connectivity index is 1.66. The van der Waals surface area contributed by atoms with Crippen LogP contribution in [0.1, 0.15) is 17.9 Å². The van der Waals surface area contributed by atoms with Crippen LogP contribution in [-0.2, 0) is 9.59 Å². The maximum Gasteiger partial charge on any atom is 0.253 e. The van der Waals surface area contributed by atoms with Gasteiger partial charge < -0.3 is 10.6 Å². The van der Waals surface area contributed by atoms with E-state index in [-0.39, 0.29) is 18.2 Å². The molecule has 0 saturated heterocycles. The second kappa shape index (κ2) is 7.52. The normalized spacial score (nSPS) is 16.4. The minimum Gasteiger partial charge on any atom is -0.332 e. The molecule has 1 aliphatic heterocycles. The molecule has 0 fully saturated rings. The van der Waals surface area contributed by atoms with Crippen molar-refractivity contribution in [2.75, 3.05) is 5.32 Å². The van der Waals surface area contributed by atoms with E-state index in [4.69, 9.17) is 0 Å². The van der Waals surface area contributed by atoms with Gasteiger partial charge in [-0.1, -0.05) is 18.2 Å². The largest absolute Gasteiger partial charge is 0.332 e. The van der Waals surface area contributed by atoms with E-state index in [9.17, 15) is 14.0 Å². The number of rotatable bonds is 3. The molecule has 2 aromatic carbocycles. The Hall–Kier alpha value is -3.06. The Kier molecular flexibility index (Phi) is 4.92. The topological polar surface area (TPSA) is 71.1 Å². The summed E-state index contributed by atoms with van der Waals surface area (Å²) in [4.78, 5) is 29.1. The molecule has 1 aliphatic rings. The van der Waals surface area contributed by atoms with E-state index in [0.717, 1.165) is 10.9 Å². The van der Waals surface area contributed by atoms with Gasteiger partial charge in [0.25, 0.3) is 5.91 Å². The fraction of sp³-hybridized carbons (Fsp3) is 0.0952. The summed E-state index contributed by atoms with van der Waals surface area (Å²) in [5.41, 5.74) is 2.33. The van der Waals surface area contributed by atoms with Crippen molar-refractivity contribution < 1.29 is 14.0 Å². The van der Waals surface area contributed by atoms with Gasteiger partial charge in [-0.15, -0.1) is 0 Å². The highest BCUT2D eigenvalue weighted by Crippen LogP contribution is 2.34. The summed E-state index contributed by atoms with van der Waals surface area (Å²) in [7, 11) is 0. The third-order valence-electron chi connectivity index (χ3n) is 4.63. The van der Waals surface area contributed by atoms with Crippen molar-refractivity contribution in [3.8, 4) is 0 Å². The molecule has 7 heteroatoms. The maximum absolute atomic E-state index is 13.7. The van der Waals surface area contributed by atoms with Crippen LogP contribution in [-0.4, -0.2) is 16.8 Å². The average Bonchev–Trinajstić information content (AvgIpc) is 2.70. The highest BCUT2D eigenvalue weighted by molar-refractivity contribution is 9.10. The number of nitrogens with zero attached hydrogens (tertiary/aromatic N) is 1. The van der Waals surface area contributed by atoms with Crippen LogP contribution in [0.2, 0.25) is 0 Å². The number of pyridine rings is 1. The van der Waals surface area contributed by atoms with E-state index in [1.807, 2.05) is 18.2 Å². The predicted octanol–water partition coefficient (Wildman–Crippen LogP) is 4.26. The van der Waals surface area contributed by atoms with Crippen LogP contribution in [0.4, 0.5) is 10.1 Å². The van der Waals surface area contributed by atoms with Crippen molar-refractivity contribution in [2.24, 2.45) is 0 Å². The van der Waals surface area contributed by atoms with Crippen LogP contribution in [0.15, 0.2) is 71.0 Å². The van der Waals surface area contributed by atoms with Crippen LogP contribution in [0.5, 0.6) is 0 Å². The monoisotopic (exact) mass is 439 g/mol. The molecule has 5 nitrogen and oxygen atoms in total. The molecular weight excluding hydrogens is 425 g/mol. The molecule has 2 amide bonds. The fourth-order valence-corrected chi connectivity index (χ4v) is 3.83. The van der Waals surface area contributed by atoms with Gasteiger partial charge >= 0.3 is 0 Å². The van der Waals surface area contributed by atoms with E-state index >= 15 is 0 Å². The Labute approximate surface area is 168 Å². The Morgan fingerprint density at radius 1 is 1.21 bits per heavy atom. The molecule has 0 spiro atoms. The minimum absolute atomic E-state index is 0.0749. The number of carbonyl (C=O) groups is 2. The zero-order valence-corrected chi connectivity index (χ0v) is 16.2. The van der Waals surface area contributed by atoms with E-state index in [0.29, 0.717) is 21.3 Å². The summed E-state index contributed by atoms with van der Waals surface area (Å²) < 4.78 is 14.4. The van der Waals surface area contributed by atoms with Gasteiger partial charge in [-0.25, -0.2) is 4.39 Å². The zero-order chi connectivity index (χ0) is 19.7. The SMILES string of the molecule is O=C1C[C@@H](c2cccc(F)c2)C(C(=O)Nc2ccc3ncccc3c2Br)=CN1. The number of nitrogens with one attached hydrogen (secondary N) is 2. The number of halogens is 2. The summed E-state index contributed by atoms with van der Waals surface area (Å²) in [6.45, 7) is 0. The Bertz CT molecular complexity index is 1130. The third kappa shape index (κ3) is 3.53. The summed E-state index contributed by atoms with van der Waals surface area (Å²) in [5.74, 6) is -1.51. The standard InChI is InChI=1S/C21H15BrFN3O2/c22-20-14-5-2-8-24-17(14)6-7-18(20)26-21(28)16-11-25-19(27)10-15(16)12-3-1-4-13(23)9-12/h1-9,11,15H,10H2,(H,25,27)(H,26,28)/t15-/m0/s1. The summed E-state index contributed by atoms with van der Waals surface area (Å²) in [6.07, 6.45) is 3.17. The molecule has 28 heavy (non-hydrogen) atoms. The van der Waals surface area contributed by atoms with Gasteiger partial charge in [0.2, 0.25) is 5.91 Å². The predicted molar refractivity (Wildman–Crippen MR) is 108 cm³/mol. The molecule has 140 valence electrons. The van der Waals surface area contributed by atoms with Crippen LogP contribution in [0.25, 0.3) is 10.9 Å². The van der Waals surface area contributed by atoms with E-state index in [2.05, 4.69) is 31.5 Å². The molecule has 0 saturated carbocycles. The number of anilines is 1.